The van der Waals surface area contributed by atoms with E-state index in [1.807, 2.05) is 30.3 Å². The Morgan fingerprint density at radius 1 is 0.963 bits per heavy atom. The molecule has 5 nitrogen and oxygen atoms in total. The second kappa shape index (κ2) is 9.33. The first-order valence-corrected chi connectivity index (χ1v) is 9.47. The first-order valence-electron chi connectivity index (χ1n) is 9.47. The van der Waals surface area contributed by atoms with Gasteiger partial charge in [0, 0.05) is 13.2 Å². The van der Waals surface area contributed by atoms with Crippen LogP contribution in [0.3, 0.4) is 0 Å². The van der Waals surface area contributed by atoms with E-state index in [0.29, 0.717) is 11.3 Å². The topological polar surface area (TPSA) is 67.4 Å². The van der Waals surface area contributed by atoms with Crippen LogP contribution in [0.1, 0.15) is 54.1 Å². The Kier molecular flexibility index (Phi) is 6.60. The van der Waals surface area contributed by atoms with Crippen molar-refractivity contribution < 1.29 is 14.3 Å². The molecule has 142 valence electrons. The molecule has 0 aromatic heterocycles. The molecule has 5 heteroatoms. The number of amides is 2. The average Bonchev–Trinajstić information content (AvgIpc) is 2.70. The number of carbonyl (C=O) groups excluding carboxylic acids is 2. The highest BCUT2D eigenvalue weighted by Gasteiger charge is 2.23. The summed E-state index contributed by atoms with van der Waals surface area (Å²) in [6.07, 6.45) is 4.82. The van der Waals surface area contributed by atoms with Gasteiger partial charge in [-0.1, -0.05) is 61.7 Å². The van der Waals surface area contributed by atoms with Crippen molar-refractivity contribution >= 4 is 17.5 Å². The zero-order valence-corrected chi connectivity index (χ0v) is 15.6. The highest BCUT2D eigenvalue weighted by atomic mass is 16.5. The predicted octanol–water partition coefficient (Wildman–Crippen LogP) is 4.08. The molecule has 2 aromatic rings. The standard InChI is InChI=1S/C22H26N2O3/c1-27-20(16-10-4-2-5-11-16)22(26)24-19-15-9-8-14-18(19)21(25)23-17-12-6-3-7-13-17/h2,4-5,8-11,14-15,17,20H,3,6-7,12-13H2,1H3,(H,23,25)(H,24,26)/t20-/m0/s1. The van der Waals surface area contributed by atoms with E-state index in [0.717, 1.165) is 31.2 Å². The van der Waals surface area contributed by atoms with Gasteiger partial charge in [0.05, 0.1) is 11.3 Å². The molecule has 27 heavy (non-hydrogen) atoms. The second-order valence-electron chi connectivity index (χ2n) is 6.87. The summed E-state index contributed by atoms with van der Waals surface area (Å²) in [7, 11) is 1.50. The number of hydrogen-bond donors (Lipinski definition) is 2. The summed E-state index contributed by atoms with van der Waals surface area (Å²) in [6, 6.07) is 16.6. The van der Waals surface area contributed by atoms with Gasteiger partial charge < -0.3 is 15.4 Å². The molecule has 0 bridgehead atoms. The minimum atomic E-state index is -0.735. The van der Waals surface area contributed by atoms with Crippen LogP contribution in [0.15, 0.2) is 54.6 Å². The number of hydrogen-bond acceptors (Lipinski definition) is 3. The van der Waals surface area contributed by atoms with E-state index < -0.39 is 6.10 Å². The van der Waals surface area contributed by atoms with Gasteiger partial charge in [-0.25, -0.2) is 0 Å². The van der Waals surface area contributed by atoms with Crippen molar-refractivity contribution in [2.75, 3.05) is 12.4 Å². The maximum absolute atomic E-state index is 12.7. The lowest BCUT2D eigenvalue weighted by Gasteiger charge is -2.23. The predicted molar refractivity (Wildman–Crippen MR) is 106 cm³/mol. The summed E-state index contributed by atoms with van der Waals surface area (Å²) >= 11 is 0. The molecule has 0 aliphatic heterocycles. The largest absolute Gasteiger partial charge is 0.367 e. The molecule has 1 saturated carbocycles. The number of carbonyl (C=O) groups is 2. The molecule has 1 fully saturated rings. The van der Waals surface area contributed by atoms with Crippen molar-refractivity contribution in [2.45, 2.75) is 44.2 Å². The third kappa shape index (κ3) is 4.95. The van der Waals surface area contributed by atoms with Gasteiger partial charge >= 0.3 is 0 Å². The molecule has 0 heterocycles. The van der Waals surface area contributed by atoms with Gasteiger partial charge in [-0.2, -0.15) is 0 Å². The summed E-state index contributed by atoms with van der Waals surface area (Å²) in [6.45, 7) is 0. The van der Waals surface area contributed by atoms with Crippen LogP contribution in [0.2, 0.25) is 0 Å². The van der Waals surface area contributed by atoms with E-state index in [-0.39, 0.29) is 17.9 Å². The van der Waals surface area contributed by atoms with E-state index in [1.54, 1.807) is 24.3 Å². The number of rotatable bonds is 6. The van der Waals surface area contributed by atoms with Crippen LogP contribution in [0.5, 0.6) is 0 Å². The lowest BCUT2D eigenvalue weighted by atomic mass is 9.95. The first kappa shape index (κ1) is 19.1. The Bertz CT molecular complexity index is 770. The van der Waals surface area contributed by atoms with Crippen LogP contribution < -0.4 is 10.6 Å². The maximum Gasteiger partial charge on any atom is 0.258 e. The third-order valence-corrected chi connectivity index (χ3v) is 4.95. The zero-order chi connectivity index (χ0) is 19.1. The summed E-state index contributed by atoms with van der Waals surface area (Å²) in [5.74, 6) is -0.451. The lowest BCUT2D eigenvalue weighted by Crippen LogP contribution is -2.36. The van der Waals surface area contributed by atoms with E-state index in [2.05, 4.69) is 10.6 Å². The molecule has 0 radical (unpaired) electrons. The molecule has 2 aromatic carbocycles. The Morgan fingerprint density at radius 3 is 2.33 bits per heavy atom. The maximum atomic E-state index is 12.7. The van der Waals surface area contributed by atoms with Crippen molar-refractivity contribution in [2.24, 2.45) is 0 Å². The van der Waals surface area contributed by atoms with Gasteiger partial charge in [0.1, 0.15) is 0 Å². The van der Waals surface area contributed by atoms with E-state index >= 15 is 0 Å². The number of methoxy groups -OCH3 is 1. The second-order valence-corrected chi connectivity index (χ2v) is 6.87. The van der Waals surface area contributed by atoms with Gasteiger partial charge in [0.15, 0.2) is 6.10 Å². The molecule has 0 saturated heterocycles. The molecule has 2 amide bonds. The van der Waals surface area contributed by atoms with Crippen molar-refractivity contribution in [3.8, 4) is 0 Å². The van der Waals surface area contributed by atoms with Crippen molar-refractivity contribution in [1.29, 1.82) is 0 Å². The Hall–Kier alpha value is -2.66. The fraction of sp³-hybridized carbons (Fsp3) is 0.364. The normalized spacial score (nSPS) is 15.7. The first-order chi connectivity index (χ1) is 13.2. The average molecular weight is 366 g/mol. The SMILES string of the molecule is CO[C@H](C(=O)Nc1ccccc1C(=O)NC1CCCCC1)c1ccccc1. The van der Waals surface area contributed by atoms with E-state index in [1.165, 1.54) is 13.5 Å². The summed E-state index contributed by atoms with van der Waals surface area (Å²) < 4.78 is 5.38. The van der Waals surface area contributed by atoms with Crippen LogP contribution in [0.4, 0.5) is 5.69 Å². The van der Waals surface area contributed by atoms with Crippen LogP contribution in [0, 0.1) is 0 Å². The zero-order valence-electron chi connectivity index (χ0n) is 15.6. The minimum Gasteiger partial charge on any atom is -0.367 e. The number of anilines is 1. The summed E-state index contributed by atoms with van der Waals surface area (Å²) in [5.41, 5.74) is 1.73. The van der Waals surface area contributed by atoms with Crippen LogP contribution in [-0.4, -0.2) is 25.0 Å². The fourth-order valence-electron chi connectivity index (χ4n) is 3.52. The summed E-state index contributed by atoms with van der Waals surface area (Å²) in [4.78, 5) is 25.5. The third-order valence-electron chi connectivity index (χ3n) is 4.95. The molecule has 3 rings (SSSR count). The number of ether oxygens (including phenoxy) is 1. The molecule has 1 aliphatic rings. The number of benzene rings is 2. The van der Waals surface area contributed by atoms with E-state index in [4.69, 9.17) is 4.74 Å². The molecular formula is C22H26N2O3. The molecule has 1 aliphatic carbocycles. The Balaban J connectivity index is 1.73. The van der Waals surface area contributed by atoms with Crippen LogP contribution in [0.25, 0.3) is 0 Å². The molecule has 1 atom stereocenters. The van der Waals surface area contributed by atoms with Crippen LogP contribution >= 0.6 is 0 Å². The minimum absolute atomic E-state index is 0.147. The lowest BCUT2D eigenvalue weighted by molar-refractivity contribution is -0.126. The van der Waals surface area contributed by atoms with Crippen LogP contribution in [-0.2, 0) is 9.53 Å². The van der Waals surface area contributed by atoms with Gasteiger partial charge in [-0.05, 0) is 30.5 Å². The molecule has 0 spiro atoms. The molecule has 0 unspecified atom stereocenters. The Labute approximate surface area is 160 Å². The summed E-state index contributed by atoms with van der Waals surface area (Å²) in [5, 5.41) is 5.96. The van der Waals surface area contributed by atoms with E-state index in [9.17, 15) is 9.59 Å². The Morgan fingerprint density at radius 2 is 1.63 bits per heavy atom. The van der Waals surface area contributed by atoms with Crippen molar-refractivity contribution in [3.05, 3.63) is 65.7 Å². The highest BCUT2D eigenvalue weighted by Crippen LogP contribution is 2.22. The van der Waals surface area contributed by atoms with Gasteiger partial charge in [-0.3, -0.25) is 9.59 Å². The molecular weight excluding hydrogens is 340 g/mol. The monoisotopic (exact) mass is 366 g/mol. The molecule has 2 N–H and O–H groups in total. The smallest absolute Gasteiger partial charge is 0.258 e. The fourth-order valence-corrected chi connectivity index (χ4v) is 3.52. The number of nitrogens with one attached hydrogen (secondary N) is 2. The number of para-hydroxylation sites is 1. The van der Waals surface area contributed by atoms with Crippen molar-refractivity contribution in [1.82, 2.24) is 5.32 Å². The van der Waals surface area contributed by atoms with Gasteiger partial charge in [0.25, 0.3) is 11.8 Å². The highest BCUT2D eigenvalue weighted by molar-refractivity contribution is 6.04. The van der Waals surface area contributed by atoms with Gasteiger partial charge in [0.2, 0.25) is 0 Å². The van der Waals surface area contributed by atoms with Crippen molar-refractivity contribution in [3.63, 3.8) is 0 Å². The van der Waals surface area contributed by atoms with Gasteiger partial charge in [-0.15, -0.1) is 0 Å². The quantitative estimate of drug-likeness (QED) is 0.810.